The second kappa shape index (κ2) is 6.83. The Morgan fingerprint density at radius 1 is 1.29 bits per heavy atom. The number of anilines is 1. The molecule has 1 aromatic carbocycles. The van der Waals surface area contributed by atoms with E-state index >= 15 is 0 Å². The molecule has 0 spiro atoms. The number of carbonyl (C=O) groups excluding carboxylic acids is 1. The van der Waals surface area contributed by atoms with Crippen molar-refractivity contribution in [1.29, 1.82) is 0 Å². The van der Waals surface area contributed by atoms with Crippen molar-refractivity contribution < 1.29 is 18.3 Å². The maximum absolute atomic E-state index is 13.2. The summed E-state index contributed by atoms with van der Waals surface area (Å²) < 4.78 is 29.9. The number of rotatable bonds is 6. The molecule has 0 unspecified atom stereocenters. The summed E-state index contributed by atoms with van der Waals surface area (Å²) in [5.74, 6) is -1.40. The molecule has 5 heteroatoms. The van der Waals surface area contributed by atoms with E-state index in [1.165, 1.54) is 12.1 Å². The average molecular weight is 243 g/mol. The number of alkyl halides is 1. The first-order valence-electron chi connectivity index (χ1n) is 5.43. The van der Waals surface area contributed by atoms with E-state index in [0.717, 1.165) is 6.07 Å². The zero-order valence-electron chi connectivity index (χ0n) is 9.42. The first-order chi connectivity index (χ1) is 8.15. The summed E-state index contributed by atoms with van der Waals surface area (Å²) in [6.45, 7) is -0.217. The van der Waals surface area contributed by atoms with E-state index in [1.54, 1.807) is 0 Å². The molecule has 0 fully saturated rings. The van der Waals surface area contributed by atoms with Gasteiger partial charge in [0.05, 0.1) is 18.8 Å². The zero-order valence-corrected chi connectivity index (χ0v) is 9.42. The number of halogens is 2. The minimum absolute atomic E-state index is 0.160. The van der Waals surface area contributed by atoms with Gasteiger partial charge in [0.15, 0.2) is 0 Å². The van der Waals surface area contributed by atoms with Crippen molar-refractivity contribution in [2.24, 2.45) is 0 Å². The van der Waals surface area contributed by atoms with E-state index in [4.69, 9.17) is 10.5 Å². The maximum Gasteiger partial charge on any atom is 0.341 e. The lowest BCUT2D eigenvalue weighted by atomic mass is 10.2. The van der Waals surface area contributed by atoms with Gasteiger partial charge in [0.1, 0.15) is 5.82 Å². The number of esters is 1. The topological polar surface area (TPSA) is 52.3 Å². The number of unbranched alkanes of at least 4 members (excludes halogenated alkanes) is 2. The number of ether oxygens (including phenoxy) is 1. The van der Waals surface area contributed by atoms with E-state index < -0.39 is 11.8 Å². The van der Waals surface area contributed by atoms with Crippen molar-refractivity contribution >= 4 is 11.7 Å². The lowest BCUT2D eigenvalue weighted by Gasteiger charge is -2.05. The fourth-order valence-electron chi connectivity index (χ4n) is 1.32. The van der Waals surface area contributed by atoms with Gasteiger partial charge >= 0.3 is 5.97 Å². The average Bonchev–Trinajstić information content (AvgIpc) is 2.32. The lowest BCUT2D eigenvalue weighted by Crippen LogP contribution is -2.09. The minimum Gasteiger partial charge on any atom is -0.462 e. The molecule has 0 saturated carbocycles. The van der Waals surface area contributed by atoms with Crippen molar-refractivity contribution in [1.82, 2.24) is 0 Å². The Morgan fingerprint density at radius 3 is 2.76 bits per heavy atom. The predicted octanol–water partition coefficient (Wildman–Crippen LogP) is 2.70. The molecule has 0 aliphatic rings. The first kappa shape index (κ1) is 13.4. The molecule has 0 heterocycles. The molecule has 17 heavy (non-hydrogen) atoms. The highest BCUT2D eigenvalue weighted by atomic mass is 19.1. The second-order valence-corrected chi connectivity index (χ2v) is 3.62. The fourth-order valence-corrected chi connectivity index (χ4v) is 1.32. The molecule has 0 aliphatic carbocycles. The molecule has 94 valence electrons. The number of nitrogens with two attached hydrogens (primary N) is 1. The third kappa shape index (κ3) is 4.38. The second-order valence-electron chi connectivity index (χ2n) is 3.62. The molecular formula is C12H15F2NO2. The lowest BCUT2D eigenvalue weighted by molar-refractivity contribution is 0.0492. The van der Waals surface area contributed by atoms with E-state index in [-0.39, 0.29) is 18.8 Å². The third-order valence-electron chi connectivity index (χ3n) is 2.22. The summed E-state index contributed by atoms with van der Waals surface area (Å²) in [6, 6.07) is 3.72. The highest BCUT2D eigenvalue weighted by Crippen LogP contribution is 2.13. The third-order valence-corrected chi connectivity index (χ3v) is 2.22. The van der Waals surface area contributed by atoms with Gasteiger partial charge in [0, 0.05) is 5.69 Å². The molecule has 1 aromatic rings. The summed E-state index contributed by atoms with van der Waals surface area (Å²) in [5, 5.41) is 0. The standard InChI is InChI=1S/C12H15F2NO2/c13-6-2-1-3-7-17-12(16)10-8-9(15)4-5-11(10)14/h4-5,8H,1-3,6-7,15H2. The Hall–Kier alpha value is -1.65. The highest BCUT2D eigenvalue weighted by Gasteiger charge is 2.13. The number of nitrogen functional groups attached to an aromatic ring is 1. The number of benzene rings is 1. The van der Waals surface area contributed by atoms with Crippen molar-refractivity contribution in [2.45, 2.75) is 19.3 Å². The zero-order chi connectivity index (χ0) is 12.7. The Kier molecular flexibility index (Phi) is 5.39. The highest BCUT2D eigenvalue weighted by molar-refractivity contribution is 5.90. The maximum atomic E-state index is 13.2. The SMILES string of the molecule is Nc1ccc(F)c(C(=O)OCCCCCF)c1. The van der Waals surface area contributed by atoms with Gasteiger partial charge in [0.25, 0.3) is 0 Å². The van der Waals surface area contributed by atoms with Crippen LogP contribution in [0, 0.1) is 5.82 Å². The molecule has 0 bridgehead atoms. The van der Waals surface area contributed by atoms with Crippen molar-refractivity contribution in [3.05, 3.63) is 29.6 Å². The summed E-state index contributed by atoms with van der Waals surface area (Å²) >= 11 is 0. The van der Waals surface area contributed by atoms with E-state index in [9.17, 15) is 13.6 Å². The van der Waals surface area contributed by atoms with E-state index in [1.807, 2.05) is 0 Å². The van der Waals surface area contributed by atoms with Crippen LogP contribution in [0.1, 0.15) is 29.6 Å². The largest absolute Gasteiger partial charge is 0.462 e. The van der Waals surface area contributed by atoms with E-state index in [2.05, 4.69) is 0 Å². The number of hydrogen-bond acceptors (Lipinski definition) is 3. The van der Waals surface area contributed by atoms with Gasteiger partial charge in [-0.3, -0.25) is 4.39 Å². The minimum atomic E-state index is -0.741. The Balaban J connectivity index is 2.44. The van der Waals surface area contributed by atoms with E-state index in [0.29, 0.717) is 24.9 Å². The van der Waals surface area contributed by atoms with Crippen LogP contribution in [0.4, 0.5) is 14.5 Å². The Labute approximate surface area is 98.6 Å². The molecule has 0 aliphatic heterocycles. The fraction of sp³-hybridized carbons (Fsp3) is 0.417. The summed E-state index contributed by atoms with van der Waals surface area (Å²) in [4.78, 5) is 11.5. The number of hydrogen-bond donors (Lipinski definition) is 1. The molecular weight excluding hydrogens is 228 g/mol. The van der Waals surface area contributed by atoms with Crippen molar-refractivity contribution in [3.63, 3.8) is 0 Å². The van der Waals surface area contributed by atoms with Gasteiger partial charge < -0.3 is 10.5 Å². The van der Waals surface area contributed by atoms with Crippen LogP contribution in [0.3, 0.4) is 0 Å². The van der Waals surface area contributed by atoms with Crippen LogP contribution < -0.4 is 5.73 Å². The van der Waals surface area contributed by atoms with Gasteiger partial charge in [-0.15, -0.1) is 0 Å². The van der Waals surface area contributed by atoms with Crippen LogP contribution in [-0.4, -0.2) is 19.3 Å². The summed E-state index contributed by atoms with van der Waals surface area (Å²) in [6.07, 6.45) is 1.66. The molecule has 3 nitrogen and oxygen atoms in total. The van der Waals surface area contributed by atoms with Crippen LogP contribution in [0.5, 0.6) is 0 Å². The summed E-state index contributed by atoms with van der Waals surface area (Å²) in [5.41, 5.74) is 5.57. The molecule has 0 amide bonds. The molecule has 2 N–H and O–H groups in total. The predicted molar refractivity (Wildman–Crippen MR) is 60.9 cm³/mol. The quantitative estimate of drug-likeness (QED) is 0.475. The first-order valence-corrected chi connectivity index (χ1v) is 5.43. The Morgan fingerprint density at radius 2 is 2.06 bits per heavy atom. The van der Waals surface area contributed by atoms with Gasteiger partial charge in [-0.1, -0.05) is 0 Å². The van der Waals surface area contributed by atoms with Crippen molar-refractivity contribution in [2.75, 3.05) is 19.0 Å². The number of carbonyl (C=O) groups is 1. The molecule has 1 rings (SSSR count). The van der Waals surface area contributed by atoms with Crippen LogP contribution >= 0.6 is 0 Å². The molecule has 0 saturated heterocycles. The smallest absolute Gasteiger partial charge is 0.341 e. The van der Waals surface area contributed by atoms with Crippen LogP contribution in [-0.2, 0) is 4.74 Å². The Bertz CT molecular complexity index is 383. The van der Waals surface area contributed by atoms with Gasteiger partial charge in [-0.25, -0.2) is 9.18 Å². The summed E-state index contributed by atoms with van der Waals surface area (Å²) in [7, 11) is 0. The normalized spacial score (nSPS) is 10.2. The van der Waals surface area contributed by atoms with Crippen LogP contribution in [0.2, 0.25) is 0 Å². The molecule has 0 radical (unpaired) electrons. The van der Waals surface area contributed by atoms with Gasteiger partial charge in [0.2, 0.25) is 0 Å². The molecule has 0 atom stereocenters. The van der Waals surface area contributed by atoms with Gasteiger partial charge in [-0.05, 0) is 37.5 Å². The van der Waals surface area contributed by atoms with Gasteiger partial charge in [-0.2, -0.15) is 0 Å². The van der Waals surface area contributed by atoms with Crippen LogP contribution in [0.15, 0.2) is 18.2 Å². The molecule has 0 aromatic heterocycles. The monoisotopic (exact) mass is 243 g/mol. The van der Waals surface area contributed by atoms with Crippen LogP contribution in [0.25, 0.3) is 0 Å². The van der Waals surface area contributed by atoms with Crippen molar-refractivity contribution in [3.8, 4) is 0 Å².